The number of hydrogen-bond acceptors (Lipinski definition) is 6. The van der Waals surface area contributed by atoms with Crippen LogP contribution in [0.5, 0.6) is 11.5 Å². The molecule has 0 saturated carbocycles. The fourth-order valence-corrected chi connectivity index (χ4v) is 3.04. The molecule has 1 atom stereocenters. The molecule has 0 bridgehead atoms. The SMILES string of the molecule is COc1cc2cnnc(N[C@H](N)c3cccc(C(F)(F)F)c3C)c2cc1OC. The van der Waals surface area contributed by atoms with Gasteiger partial charge < -0.3 is 20.5 Å². The summed E-state index contributed by atoms with van der Waals surface area (Å²) in [7, 11) is 3.02. The summed E-state index contributed by atoms with van der Waals surface area (Å²) in [5, 5.41) is 12.3. The molecule has 3 N–H and O–H groups in total. The third kappa shape index (κ3) is 3.65. The second-order valence-electron chi connectivity index (χ2n) is 6.13. The molecule has 3 rings (SSSR count). The summed E-state index contributed by atoms with van der Waals surface area (Å²) >= 11 is 0. The molecule has 3 aromatic rings. The highest BCUT2D eigenvalue weighted by Crippen LogP contribution is 2.36. The van der Waals surface area contributed by atoms with Gasteiger partial charge in [-0.2, -0.15) is 18.3 Å². The van der Waals surface area contributed by atoms with Gasteiger partial charge in [0.05, 0.1) is 26.0 Å². The Morgan fingerprint density at radius 3 is 2.43 bits per heavy atom. The first-order chi connectivity index (χ1) is 13.3. The minimum atomic E-state index is -4.46. The topological polar surface area (TPSA) is 82.3 Å². The van der Waals surface area contributed by atoms with E-state index in [9.17, 15) is 13.2 Å². The number of ether oxygens (including phenoxy) is 2. The van der Waals surface area contributed by atoms with Crippen LogP contribution in [-0.2, 0) is 6.18 Å². The van der Waals surface area contributed by atoms with E-state index in [4.69, 9.17) is 15.2 Å². The highest BCUT2D eigenvalue weighted by atomic mass is 19.4. The molecule has 0 fully saturated rings. The summed E-state index contributed by atoms with van der Waals surface area (Å²) in [4.78, 5) is 0. The van der Waals surface area contributed by atoms with Gasteiger partial charge in [-0.25, -0.2) is 0 Å². The molecule has 148 valence electrons. The minimum absolute atomic E-state index is 0.0578. The molecular weight excluding hydrogens is 373 g/mol. The zero-order valence-corrected chi connectivity index (χ0v) is 15.5. The number of halogens is 3. The molecular formula is C19H19F3N4O2. The number of benzene rings is 2. The number of fused-ring (bicyclic) bond motifs is 1. The van der Waals surface area contributed by atoms with Crippen molar-refractivity contribution in [1.82, 2.24) is 10.2 Å². The van der Waals surface area contributed by atoms with Crippen LogP contribution >= 0.6 is 0 Å². The van der Waals surface area contributed by atoms with Crippen LogP contribution in [0, 0.1) is 6.92 Å². The number of nitrogens with two attached hydrogens (primary N) is 1. The Labute approximate surface area is 159 Å². The summed E-state index contributed by atoms with van der Waals surface area (Å²) in [6.45, 7) is 1.39. The van der Waals surface area contributed by atoms with E-state index in [2.05, 4.69) is 15.5 Å². The predicted octanol–water partition coefficient (Wildman–Crippen LogP) is 4.04. The summed E-state index contributed by atoms with van der Waals surface area (Å²) < 4.78 is 50.1. The van der Waals surface area contributed by atoms with Gasteiger partial charge in [-0.15, -0.1) is 5.10 Å². The van der Waals surface area contributed by atoms with Crippen LogP contribution in [0.3, 0.4) is 0 Å². The number of alkyl halides is 3. The minimum Gasteiger partial charge on any atom is -0.493 e. The summed E-state index contributed by atoms with van der Waals surface area (Å²) in [5.41, 5.74) is 5.80. The van der Waals surface area contributed by atoms with Gasteiger partial charge in [-0.1, -0.05) is 12.1 Å². The van der Waals surface area contributed by atoms with Crippen LogP contribution in [0.2, 0.25) is 0 Å². The Hall–Kier alpha value is -3.07. The third-order valence-electron chi connectivity index (χ3n) is 4.47. The summed E-state index contributed by atoms with van der Waals surface area (Å²) in [6.07, 6.45) is -3.83. The molecule has 0 saturated heterocycles. The second kappa shape index (κ2) is 7.51. The number of hydrogen-bond donors (Lipinski definition) is 2. The zero-order chi connectivity index (χ0) is 20.5. The monoisotopic (exact) mass is 392 g/mol. The van der Waals surface area contributed by atoms with E-state index in [1.807, 2.05) is 0 Å². The Kier molecular flexibility index (Phi) is 5.28. The first-order valence-corrected chi connectivity index (χ1v) is 8.32. The van der Waals surface area contributed by atoms with Crippen molar-refractivity contribution in [1.29, 1.82) is 0 Å². The molecule has 1 aromatic heterocycles. The Bertz CT molecular complexity index is 1010. The van der Waals surface area contributed by atoms with Crippen LogP contribution in [0.15, 0.2) is 36.5 Å². The van der Waals surface area contributed by atoms with Gasteiger partial charge in [-0.3, -0.25) is 0 Å². The normalized spacial score (nSPS) is 12.7. The molecule has 0 radical (unpaired) electrons. The van der Waals surface area contributed by atoms with Crippen molar-refractivity contribution >= 4 is 16.6 Å². The van der Waals surface area contributed by atoms with Gasteiger partial charge in [0, 0.05) is 10.8 Å². The van der Waals surface area contributed by atoms with Crippen molar-refractivity contribution in [2.45, 2.75) is 19.3 Å². The molecule has 2 aromatic carbocycles. The van der Waals surface area contributed by atoms with Crippen LogP contribution in [0.4, 0.5) is 19.0 Å². The third-order valence-corrected chi connectivity index (χ3v) is 4.47. The first-order valence-electron chi connectivity index (χ1n) is 8.32. The number of rotatable bonds is 5. The maximum absolute atomic E-state index is 13.2. The largest absolute Gasteiger partial charge is 0.493 e. The van der Waals surface area contributed by atoms with E-state index < -0.39 is 17.9 Å². The number of methoxy groups -OCH3 is 2. The van der Waals surface area contributed by atoms with Crippen molar-refractivity contribution in [3.05, 3.63) is 53.2 Å². The summed E-state index contributed by atoms with van der Waals surface area (Å²) in [5.74, 6) is 1.32. The molecule has 0 aliphatic heterocycles. The molecule has 0 spiro atoms. The number of anilines is 1. The van der Waals surface area contributed by atoms with E-state index in [-0.39, 0.29) is 5.56 Å². The lowest BCUT2D eigenvalue weighted by Crippen LogP contribution is -2.23. The summed E-state index contributed by atoms with van der Waals surface area (Å²) in [6, 6.07) is 7.34. The van der Waals surface area contributed by atoms with E-state index in [1.54, 1.807) is 24.4 Å². The average Bonchev–Trinajstić information content (AvgIpc) is 2.66. The fourth-order valence-electron chi connectivity index (χ4n) is 3.04. The van der Waals surface area contributed by atoms with Crippen molar-refractivity contribution in [3.8, 4) is 11.5 Å². The number of aromatic nitrogens is 2. The lowest BCUT2D eigenvalue weighted by Gasteiger charge is -2.20. The highest BCUT2D eigenvalue weighted by Gasteiger charge is 2.33. The van der Waals surface area contributed by atoms with Crippen LogP contribution in [0.25, 0.3) is 10.8 Å². The molecule has 0 aliphatic rings. The Balaban J connectivity index is 2.01. The first kappa shape index (κ1) is 19.7. The zero-order valence-electron chi connectivity index (χ0n) is 15.5. The van der Waals surface area contributed by atoms with E-state index in [1.165, 1.54) is 27.2 Å². The average molecular weight is 392 g/mol. The Morgan fingerprint density at radius 2 is 1.79 bits per heavy atom. The second-order valence-corrected chi connectivity index (χ2v) is 6.13. The molecule has 0 aliphatic carbocycles. The van der Waals surface area contributed by atoms with Crippen LogP contribution in [-0.4, -0.2) is 24.4 Å². The molecule has 28 heavy (non-hydrogen) atoms. The fraction of sp³-hybridized carbons (Fsp3) is 0.263. The standard InChI is InChI=1S/C19H19F3N4O2/c1-10-12(5-4-6-14(10)19(20,21)22)17(23)25-18-13-8-16(28-3)15(27-2)7-11(13)9-24-26-18/h4-9,17H,23H2,1-3H3,(H,25,26)/t17-/m0/s1. The molecule has 0 amide bonds. The maximum atomic E-state index is 13.2. The lowest BCUT2D eigenvalue weighted by molar-refractivity contribution is -0.138. The van der Waals surface area contributed by atoms with Gasteiger partial charge in [0.15, 0.2) is 17.3 Å². The lowest BCUT2D eigenvalue weighted by atomic mass is 10.00. The van der Waals surface area contributed by atoms with E-state index in [0.717, 1.165) is 6.07 Å². The smallest absolute Gasteiger partial charge is 0.416 e. The molecule has 1 heterocycles. The molecule has 9 heteroatoms. The van der Waals surface area contributed by atoms with E-state index in [0.29, 0.717) is 33.7 Å². The molecule has 0 unspecified atom stereocenters. The van der Waals surface area contributed by atoms with Crippen molar-refractivity contribution in [2.75, 3.05) is 19.5 Å². The van der Waals surface area contributed by atoms with Crippen molar-refractivity contribution in [2.24, 2.45) is 5.73 Å². The van der Waals surface area contributed by atoms with Gasteiger partial charge >= 0.3 is 6.18 Å². The van der Waals surface area contributed by atoms with Gasteiger partial charge in [0.1, 0.15) is 6.17 Å². The maximum Gasteiger partial charge on any atom is 0.416 e. The quantitative estimate of drug-likeness (QED) is 0.638. The Morgan fingerprint density at radius 1 is 1.11 bits per heavy atom. The van der Waals surface area contributed by atoms with Crippen LogP contribution < -0.4 is 20.5 Å². The predicted molar refractivity (Wildman–Crippen MR) is 99.4 cm³/mol. The van der Waals surface area contributed by atoms with Crippen molar-refractivity contribution in [3.63, 3.8) is 0 Å². The molecule has 6 nitrogen and oxygen atoms in total. The van der Waals surface area contributed by atoms with Gasteiger partial charge in [0.25, 0.3) is 0 Å². The number of nitrogens with one attached hydrogen (secondary N) is 1. The van der Waals surface area contributed by atoms with E-state index >= 15 is 0 Å². The van der Waals surface area contributed by atoms with Gasteiger partial charge in [-0.05, 0) is 36.2 Å². The number of nitrogens with zero attached hydrogens (tertiary/aromatic N) is 2. The highest BCUT2D eigenvalue weighted by molar-refractivity contribution is 5.93. The van der Waals surface area contributed by atoms with Crippen LogP contribution in [0.1, 0.15) is 22.9 Å². The van der Waals surface area contributed by atoms with Crippen molar-refractivity contribution < 1.29 is 22.6 Å². The van der Waals surface area contributed by atoms with Gasteiger partial charge in [0.2, 0.25) is 0 Å².